The van der Waals surface area contributed by atoms with E-state index in [1.807, 2.05) is 0 Å². The van der Waals surface area contributed by atoms with Gasteiger partial charge in [0.05, 0.1) is 12.0 Å². The normalized spacial score (nSPS) is 15.4. The molecule has 0 amide bonds. The van der Waals surface area contributed by atoms with Gasteiger partial charge in [0.2, 0.25) is 0 Å². The highest BCUT2D eigenvalue weighted by Crippen LogP contribution is 2.41. The zero-order chi connectivity index (χ0) is 19.7. The number of fused-ring (bicyclic) bond motifs is 1. The first-order valence-electron chi connectivity index (χ1n) is 8.49. The lowest BCUT2D eigenvalue weighted by Crippen LogP contribution is -2.20. The van der Waals surface area contributed by atoms with Crippen LogP contribution in [0.3, 0.4) is 0 Å². The molecule has 1 unspecified atom stereocenters. The molecule has 3 aromatic rings. The second kappa shape index (κ2) is 7.03. The fourth-order valence-corrected chi connectivity index (χ4v) is 3.01. The SMILES string of the molecule is O=C(Oc1ccc(C2CC(=O)c3c(O)cc(O)cc3O2)cc1)c1cccnc1. The van der Waals surface area contributed by atoms with Crippen LogP contribution in [0.2, 0.25) is 0 Å². The highest BCUT2D eigenvalue weighted by Gasteiger charge is 2.30. The molecular weight excluding hydrogens is 362 g/mol. The molecule has 1 aliphatic rings. The maximum Gasteiger partial charge on any atom is 0.345 e. The largest absolute Gasteiger partial charge is 0.508 e. The number of hydrogen-bond acceptors (Lipinski definition) is 7. The van der Waals surface area contributed by atoms with Gasteiger partial charge in [-0.15, -0.1) is 0 Å². The molecule has 4 rings (SSSR count). The number of pyridine rings is 1. The van der Waals surface area contributed by atoms with Crippen molar-refractivity contribution in [3.63, 3.8) is 0 Å². The van der Waals surface area contributed by atoms with E-state index in [9.17, 15) is 19.8 Å². The van der Waals surface area contributed by atoms with Crippen LogP contribution in [0.15, 0.2) is 60.9 Å². The molecule has 0 aliphatic carbocycles. The molecular formula is C21H15NO6. The van der Waals surface area contributed by atoms with Gasteiger partial charge in [0, 0.05) is 24.5 Å². The first kappa shape index (κ1) is 17.5. The number of ether oxygens (including phenoxy) is 2. The topological polar surface area (TPSA) is 106 Å². The molecule has 7 nitrogen and oxygen atoms in total. The monoisotopic (exact) mass is 377 g/mol. The molecule has 0 fully saturated rings. The van der Waals surface area contributed by atoms with Gasteiger partial charge < -0.3 is 19.7 Å². The quantitative estimate of drug-likeness (QED) is 0.532. The Labute approximate surface area is 159 Å². The van der Waals surface area contributed by atoms with E-state index in [0.29, 0.717) is 16.9 Å². The van der Waals surface area contributed by atoms with Gasteiger partial charge in [-0.1, -0.05) is 12.1 Å². The summed E-state index contributed by atoms with van der Waals surface area (Å²) < 4.78 is 11.1. The van der Waals surface area contributed by atoms with Crippen molar-refractivity contribution in [1.82, 2.24) is 4.98 Å². The molecule has 7 heteroatoms. The summed E-state index contributed by atoms with van der Waals surface area (Å²) >= 11 is 0. The van der Waals surface area contributed by atoms with Crippen molar-refractivity contribution in [2.75, 3.05) is 0 Å². The van der Waals surface area contributed by atoms with Crippen LogP contribution < -0.4 is 9.47 Å². The zero-order valence-corrected chi connectivity index (χ0v) is 14.5. The van der Waals surface area contributed by atoms with Crippen molar-refractivity contribution in [2.24, 2.45) is 0 Å². The van der Waals surface area contributed by atoms with E-state index >= 15 is 0 Å². The van der Waals surface area contributed by atoms with E-state index < -0.39 is 12.1 Å². The summed E-state index contributed by atoms with van der Waals surface area (Å²) in [6.45, 7) is 0. The van der Waals surface area contributed by atoms with Crippen molar-refractivity contribution in [3.8, 4) is 23.0 Å². The average Bonchev–Trinajstić information content (AvgIpc) is 2.68. The van der Waals surface area contributed by atoms with Gasteiger partial charge in [-0.2, -0.15) is 0 Å². The molecule has 140 valence electrons. The fraction of sp³-hybridized carbons (Fsp3) is 0.0952. The minimum atomic E-state index is -0.579. The second-order valence-corrected chi connectivity index (χ2v) is 6.27. The number of ketones is 1. The lowest BCUT2D eigenvalue weighted by molar-refractivity contribution is 0.0734. The molecule has 0 radical (unpaired) electrons. The van der Waals surface area contributed by atoms with Crippen molar-refractivity contribution < 1.29 is 29.3 Å². The Hall–Kier alpha value is -3.87. The zero-order valence-electron chi connectivity index (χ0n) is 14.5. The number of carbonyl (C=O) groups excluding carboxylic acids is 2. The standard InChI is InChI=1S/C21H15NO6/c23-14-8-16(24)20-17(25)10-18(28-19(20)9-14)12-3-5-15(6-4-12)27-21(26)13-2-1-7-22-11-13/h1-9,11,18,23-24H,10H2. The highest BCUT2D eigenvalue weighted by molar-refractivity contribution is 6.02. The summed E-state index contributed by atoms with van der Waals surface area (Å²) in [5, 5.41) is 19.5. The lowest BCUT2D eigenvalue weighted by Gasteiger charge is -2.26. The fourth-order valence-electron chi connectivity index (χ4n) is 3.01. The van der Waals surface area contributed by atoms with Gasteiger partial charge in [0.15, 0.2) is 5.78 Å². The third-order valence-corrected chi connectivity index (χ3v) is 4.34. The second-order valence-electron chi connectivity index (χ2n) is 6.27. The molecule has 2 heterocycles. The lowest BCUT2D eigenvalue weighted by atomic mass is 9.95. The van der Waals surface area contributed by atoms with Crippen molar-refractivity contribution >= 4 is 11.8 Å². The molecule has 1 aliphatic heterocycles. The maximum atomic E-state index is 12.4. The number of nitrogens with zero attached hydrogens (tertiary/aromatic N) is 1. The summed E-state index contributed by atoms with van der Waals surface area (Å²) in [5.41, 5.74) is 1.10. The number of benzene rings is 2. The average molecular weight is 377 g/mol. The van der Waals surface area contributed by atoms with Crippen LogP contribution >= 0.6 is 0 Å². The van der Waals surface area contributed by atoms with E-state index in [4.69, 9.17) is 9.47 Å². The Morgan fingerprint density at radius 1 is 1.14 bits per heavy atom. The number of esters is 1. The van der Waals surface area contributed by atoms with Gasteiger partial charge in [-0.25, -0.2) is 4.79 Å². The number of Topliss-reactive ketones (excluding diaryl/α,β-unsaturated/α-hetero) is 1. The number of aromatic hydroxyl groups is 2. The van der Waals surface area contributed by atoms with Crippen LogP contribution in [0.5, 0.6) is 23.0 Å². The first-order valence-corrected chi connectivity index (χ1v) is 8.49. The third kappa shape index (κ3) is 3.37. The van der Waals surface area contributed by atoms with Crippen LogP contribution in [-0.4, -0.2) is 26.9 Å². The Kier molecular flexibility index (Phi) is 4.41. The molecule has 2 aromatic carbocycles. The molecule has 1 atom stereocenters. The Morgan fingerprint density at radius 3 is 2.64 bits per heavy atom. The predicted molar refractivity (Wildman–Crippen MR) is 97.7 cm³/mol. The number of carbonyl (C=O) groups is 2. The van der Waals surface area contributed by atoms with Gasteiger partial charge in [-0.3, -0.25) is 9.78 Å². The summed E-state index contributed by atoms with van der Waals surface area (Å²) in [5.74, 6) is -0.833. The number of phenols is 2. The highest BCUT2D eigenvalue weighted by atomic mass is 16.5. The number of phenolic OH excluding ortho intramolecular Hbond substituents is 2. The first-order chi connectivity index (χ1) is 13.5. The smallest absolute Gasteiger partial charge is 0.345 e. The number of hydrogen-bond donors (Lipinski definition) is 2. The van der Waals surface area contributed by atoms with Gasteiger partial charge in [-0.05, 0) is 29.8 Å². The van der Waals surface area contributed by atoms with Crippen LogP contribution in [0.1, 0.15) is 38.8 Å². The van der Waals surface area contributed by atoms with Crippen LogP contribution in [0.25, 0.3) is 0 Å². The molecule has 2 N–H and O–H groups in total. The molecule has 0 bridgehead atoms. The molecule has 28 heavy (non-hydrogen) atoms. The third-order valence-electron chi connectivity index (χ3n) is 4.34. The summed E-state index contributed by atoms with van der Waals surface area (Å²) in [6, 6.07) is 12.2. The van der Waals surface area contributed by atoms with Crippen molar-refractivity contribution in [3.05, 3.63) is 77.6 Å². The van der Waals surface area contributed by atoms with Crippen LogP contribution in [-0.2, 0) is 0 Å². The summed E-state index contributed by atoms with van der Waals surface area (Å²) in [4.78, 5) is 28.3. The van der Waals surface area contributed by atoms with E-state index in [-0.39, 0.29) is 35.0 Å². The van der Waals surface area contributed by atoms with E-state index in [1.54, 1.807) is 42.6 Å². The predicted octanol–water partition coefficient (Wildman–Crippen LogP) is 3.42. The summed E-state index contributed by atoms with van der Waals surface area (Å²) in [7, 11) is 0. The molecule has 0 saturated carbocycles. The minimum absolute atomic E-state index is 0.0418. The Balaban J connectivity index is 1.51. The van der Waals surface area contributed by atoms with E-state index in [2.05, 4.69) is 4.98 Å². The van der Waals surface area contributed by atoms with Gasteiger partial charge in [0.25, 0.3) is 0 Å². The molecule has 1 aromatic heterocycles. The number of rotatable bonds is 3. The maximum absolute atomic E-state index is 12.4. The molecule has 0 spiro atoms. The van der Waals surface area contributed by atoms with E-state index in [1.165, 1.54) is 12.3 Å². The van der Waals surface area contributed by atoms with Gasteiger partial charge >= 0.3 is 5.97 Å². The van der Waals surface area contributed by atoms with Gasteiger partial charge in [0.1, 0.15) is 34.7 Å². The van der Waals surface area contributed by atoms with Crippen LogP contribution in [0, 0.1) is 0 Å². The molecule has 0 saturated heterocycles. The summed E-state index contributed by atoms with van der Waals surface area (Å²) in [6.07, 6.45) is 2.44. The van der Waals surface area contributed by atoms with Crippen LogP contribution in [0.4, 0.5) is 0 Å². The Morgan fingerprint density at radius 2 is 1.93 bits per heavy atom. The van der Waals surface area contributed by atoms with Crippen molar-refractivity contribution in [2.45, 2.75) is 12.5 Å². The van der Waals surface area contributed by atoms with E-state index in [0.717, 1.165) is 6.07 Å². The minimum Gasteiger partial charge on any atom is -0.508 e. The Bertz CT molecular complexity index is 1050. The van der Waals surface area contributed by atoms with Crippen molar-refractivity contribution in [1.29, 1.82) is 0 Å². The number of aromatic nitrogens is 1.